The molecule has 3 fully saturated rings. The van der Waals surface area contributed by atoms with Gasteiger partial charge < -0.3 is 20.7 Å². The first-order valence-corrected chi connectivity index (χ1v) is 8.97. The largest absolute Gasteiger partial charge is 0.381 e. The molecule has 0 bridgehead atoms. The van der Waals surface area contributed by atoms with Gasteiger partial charge >= 0.3 is 0 Å². The van der Waals surface area contributed by atoms with Gasteiger partial charge in [-0.3, -0.25) is 4.79 Å². The maximum atomic E-state index is 11.6. The van der Waals surface area contributed by atoms with Crippen LogP contribution in [0.5, 0.6) is 0 Å². The molecule has 1 heterocycles. The first-order chi connectivity index (χ1) is 11.5. The van der Waals surface area contributed by atoms with Crippen LogP contribution in [0.15, 0.2) is 18.2 Å². The molecule has 3 aliphatic rings. The summed E-state index contributed by atoms with van der Waals surface area (Å²) in [5.41, 5.74) is 8.65. The third-order valence-electron chi connectivity index (χ3n) is 6.23. The SMILES string of the molecule is CN(C)Cc1ccc(C(N)=O)cc1N[C@@H]1[C@H]2CCO[C@H]2C12CCC2. The highest BCUT2D eigenvalue weighted by atomic mass is 16.5. The predicted molar refractivity (Wildman–Crippen MR) is 93.9 cm³/mol. The molecule has 130 valence electrons. The molecular weight excluding hydrogens is 302 g/mol. The van der Waals surface area contributed by atoms with Crippen LogP contribution in [0.4, 0.5) is 5.69 Å². The van der Waals surface area contributed by atoms with Crippen molar-refractivity contribution in [3.63, 3.8) is 0 Å². The molecule has 0 radical (unpaired) electrons. The lowest BCUT2D eigenvalue weighted by Gasteiger charge is -2.63. The molecule has 1 aromatic carbocycles. The molecule has 24 heavy (non-hydrogen) atoms. The fraction of sp³-hybridized carbons (Fsp3) is 0.632. The lowest BCUT2D eigenvalue weighted by atomic mass is 9.46. The summed E-state index contributed by atoms with van der Waals surface area (Å²) in [6, 6.07) is 6.24. The molecule has 3 atom stereocenters. The minimum atomic E-state index is -0.372. The molecule has 1 amide bonds. The van der Waals surface area contributed by atoms with E-state index in [2.05, 4.69) is 24.3 Å². The summed E-state index contributed by atoms with van der Waals surface area (Å²) in [6.45, 7) is 1.73. The van der Waals surface area contributed by atoms with Crippen LogP contribution in [0.3, 0.4) is 0 Å². The van der Waals surface area contributed by atoms with Crippen molar-refractivity contribution in [1.29, 1.82) is 0 Å². The lowest BCUT2D eigenvalue weighted by Crippen LogP contribution is -2.68. The van der Waals surface area contributed by atoms with Crippen molar-refractivity contribution in [2.75, 3.05) is 26.0 Å². The molecule has 2 saturated carbocycles. The average Bonchev–Trinajstić information content (AvgIpc) is 2.89. The van der Waals surface area contributed by atoms with E-state index in [1.165, 1.54) is 24.8 Å². The number of fused-ring (bicyclic) bond motifs is 2. The highest BCUT2D eigenvalue weighted by Crippen LogP contribution is 2.63. The zero-order valence-electron chi connectivity index (χ0n) is 14.5. The summed E-state index contributed by atoms with van der Waals surface area (Å²) in [6.07, 6.45) is 5.40. The number of nitrogens with one attached hydrogen (secondary N) is 1. The Morgan fingerprint density at radius 3 is 2.83 bits per heavy atom. The van der Waals surface area contributed by atoms with Crippen LogP contribution in [0, 0.1) is 11.3 Å². The molecule has 1 spiro atoms. The van der Waals surface area contributed by atoms with E-state index in [4.69, 9.17) is 10.5 Å². The number of benzene rings is 1. The molecular formula is C19H27N3O2. The van der Waals surface area contributed by atoms with Crippen molar-refractivity contribution in [1.82, 2.24) is 4.90 Å². The van der Waals surface area contributed by atoms with E-state index in [1.807, 2.05) is 18.2 Å². The van der Waals surface area contributed by atoms with Crippen LogP contribution >= 0.6 is 0 Å². The summed E-state index contributed by atoms with van der Waals surface area (Å²) in [7, 11) is 4.12. The minimum absolute atomic E-state index is 0.319. The third kappa shape index (κ3) is 2.33. The Bertz CT molecular complexity index is 654. The molecule has 1 aliphatic heterocycles. The van der Waals surface area contributed by atoms with Gasteiger partial charge in [0.1, 0.15) is 0 Å². The Labute approximate surface area is 143 Å². The normalized spacial score (nSPS) is 29.9. The van der Waals surface area contributed by atoms with Gasteiger partial charge in [-0.05, 0) is 51.1 Å². The molecule has 1 aromatic rings. The Morgan fingerprint density at radius 1 is 1.42 bits per heavy atom. The molecule has 1 saturated heterocycles. The standard InChI is InChI=1S/C19H27N3O2/c1-22(2)11-13-5-4-12(18(20)23)10-15(13)21-16-14-6-9-24-17(14)19(16)7-3-8-19/h4-5,10,14,16-17,21H,3,6-9,11H2,1-2H3,(H2,20,23)/t14-,16-,17-/m1/s1. The monoisotopic (exact) mass is 329 g/mol. The van der Waals surface area contributed by atoms with Crippen LogP contribution in [-0.2, 0) is 11.3 Å². The predicted octanol–water partition coefficient (Wildman–Crippen LogP) is 2.22. The van der Waals surface area contributed by atoms with Crippen molar-refractivity contribution in [2.45, 2.75) is 44.4 Å². The fourth-order valence-electron chi connectivity index (χ4n) is 4.97. The summed E-state index contributed by atoms with van der Waals surface area (Å²) in [4.78, 5) is 13.7. The number of carbonyl (C=O) groups excluding carboxylic acids is 1. The molecule has 2 aliphatic carbocycles. The minimum Gasteiger partial charge on any atom is -0.381 e. The number of rotatable bonds is 5. The number of hydrogen-bond donors (Lipinski definition) is 2. The molecule has 0 unspecified atom stereocenters. The molecule has 5 heteroatoms. The fourth-order valence-corrected chi connectivity index (χ4v) is 4.97. The zero-order chi connectivity index (χ0) is 16.9. The Kier molecular flexibility index (Phi) is 3.81. The molecule has 3 N–H and O–H groups in total. The van der Waals surface area contributed by atoms with Gasteiger partial charge in [0.15, 0.2) is 0 Å². The maximum absolute atomic E-state index is 11.6. The Balaban J connectivity index is 1.62. The van der Waals surface area contributed by atoms with E-state index in [0.29, 0.717) is 29.0 Å². The van der Waals surface area contributed by atoms with E-state index in [0.717, 1.165) is 25.3 Å². The first kappa shape index (κ1) is 15.9. The molecule has 5 nitrogen and oxygen atoms in total. The number of nitrogens with two attached hydrogens (primary N) is 1. The van der Waals surface area contributed by atoms with Crippen molar-refractivity contribution in [3.8, 4) is 0 Å². The number of ether oxygens (including phenoxy) is 1. The van der Waals surface area contributed by atoms with E-state index in [-0.39, 0.29) is 5.91 Å². The lowest BCUT2D eigenvalue weighted by molar-refractivity contribution is -0.158. The van der Waals surface area contributed by atoms with Crippen LogP contribution in [0.1, 0.15) is 41.6 Å². The van der Waals surface area contributed by atoms with Crippen LogP contribution in [-0.4, -0.2) is 43.7 Å². The third-order valence-corrected chi connectivity index (χ3v) is 6.23. The van der Waals surface area contributed by atoms with Gasteiger partial charge in [0, 0.05) is 41.8 Å². The highest BCUT2D eigenvalue weighted by molar-refractivity contribution is 5.94. The van der Waals surface area contributed by atoms with Crippen molar-refractivity contribution in [2.24, 2.45) is 17.1 Å². The summed E-state index contributed by atoms with van der Waals surface area (Å²) in [5.74, 6) is 0.234. The number of hydrogen-bond acceptors (Lipinski definition) is 4. The van der Waals surface area contributed by atoms with Crippen molar-refractivity contribution in [3.05, 3.63) is 29.3 Å². The summed E-state index contributed by atoms with van der Waals surface area (Å²) in [5, 5.41) is 3.80. The van der Waals surface area contributed by atoms with Gasteiger partial charge in [-0.1, -0.05) is 12.5 Å². The highest BCUT2D eigenvalue weighted by Gasteiger charge is 2.66. The second-order valence-electron chi connectivity index (χ2n) is 7.93. The van der Waals surface area contributed by atoms with Gasteiger partial charge in [-0.25, -0.2) is 0 Å². The maximum Gasteiger partial charge on any atom is 0.248 e. The number of carbonyl (C=O) groups is 1. The number of nitrogens with zero attached hydrogens (tertiary/aromatic N) is 1. The van der Waals surface area contributed by atoms with Crippen LogP contribution < -0.4 is 11.1 Å². The van der Waals surface area contributed by atoms with Gasteiger partial charge in [-0.15, -0.1) is 0 Å². The smallest absolute Gasteiger partial charge is 0.248 e. The topological polar surface area (TPSA) is 67.6 Å². The van der Waals surface area contributed by atoms with Gasteiger partial charge in [0.05, 0.1) is 6.10 Å². The van der Waals surface area contributed by atoms with E-state index in [9.17, 15) is 4.79 Å². The number of anilines is 1. The summed E-state index contributed by atoms with van der Waals surface area (Å²) < 4.78 is 6.01. The van der Waals surface area contributed by atoms with Crippen LogP contribution in [0.2, 0.25) is 0 Å². The van der Waals surface area contributed by atoms with Crippen molar-refractivity contribution < 1.29 is 9.53 Å². The molecule has 4 rings (SSSR count). The summed E-state index contributed by atoms with van der Waals surface area (Å²) >= 11 is 0. The van der Waals surface area contributed by atoms with E-state index in [1.54, 1.807) is 0 Å². The van der Waals surface area contributed by atoms with Crippen molar-refractivity contribution >= 4 is 11.6 Å². The van der Waals surface area contributed by atoms with E-state index < -0.39 is 0 Å². The average molecular weight is 329 g/mol. The second-order valence-corrected chi connectivity index (χ2v) is 7.93. The first-order valence-electron chi connectivity index (χ1n) is 8.97. The Hall–Kier alpha value is -1.59. The number of amides is 1. The van der Waals surface area contributed by atoms with Gasteiger partial charge in [-0.2, -0.15) is 0 Å². The van der Waals surface area contributed by atoms with Gasteiger partial charge in [0.2, 0.25) is 5.91 Å². The zero-order valence-corrected chi connectivity index (χ0v) is 14.5. The Morgan fingerprint density at radius 2 is 2.21 bits per heavy atom. The quantitative estimate of drug-likeness (QED) is 0.869. The van der Waals surface area contributed by atoms with Gasteiger partial charge in [0.25, 0.3) is 0 Å². The van der Waals surface area contributed by atoms with E-state index >= 15 is 0 Å². The number of primary amides is 1. The van der Waals surface area contributed by atoms with Crippen LogP contribution in [0.25, 0.3) is 0 Å². The second kappa shape index (κ2) is 5.74. The molecule has 0 aromatic heterocycles.